The van der Waals surface area contributed by atoms with Gasteiger partial charge in [-0.3, -0.25) is 4.79 Å². The second kappa shape index (κ2) is 5.30. The lowest BCUT2D eigenvalue weighted by molar-refractivity contribution is -0.141. The smallest absolute Gasteiger partial charge is 0.306 e. The Hall–Kier alpha value is -2.09. The van der Waals surface area contributed by atoms with Crippen molar-refractivity contribution in [1.29, 1.82) is 5.26 Å². The molecule has 0 saturated heterocycles. The van der Waals surface area contributed by atoms with E-state index in [1.807, 2.05) is 6.07 Å². The van der Waals surface area contributed by atoms with Gasteiger partial charge < -0.3 is 9.84 Å². The number of ether oxygens (including phenoxy) is 1. The van der Waals surface area contributed by atoms with Crippen LogP contribution >= 0.6 is 0 Å². The summed E-state index contributed by atoms with van der Waals surface area (Å²) in [6, 6.07) is 4.46. The third-order valence-electron chi connectivity index (χ3n) is 2.39. The van der Waals surface area contributed by atoms with Gasteiger partial charge in [0.1, 0.15) is 6.07 Å². The average molecular weight is 237 g/mol. The average Bonchev–Trinajstić information content (AvgIpc) is 2.27. The number of hydrogen-bond acceptors (Lipinski definition) is 3. The van der Waals surface area contributed by atoms with Crippen LogP contribution in [0.5, 0.6) is 5.75 Å². The van der Waals surface area contributed by atoms with E-state index >= 15 is 0 Å². The molecule has 0 aliphatic carbocycles. The van der Waals surface area contributed by atoms with Crippen LogP contribution in [0, 0.1) is 23.1 Å². The molecule has 0 amide bonds. The monoisotopic (exact) mass is 237 g/mol. The second-order valence-electron chi connectivity index (χ2n) is 3.71. The van der Waals surface area contributed by atoms with Gasteiger partial charge in [-0.15, -0.1) is 0 Å². The van der Waals surface area contributed by atoms with E-state index in [-0.39, 0.29) is 17.7 Å². The van der Waals surface area contributed by atoms with E-state index in [2.05, 4.69) is 0 Å². The molecule has 1 rings (SSSR count). The summed E-state index contributed by atoms with van der Waals surface area (Å²) in [5.41, 5.74) is 0.537. The van der Waals surface area contributed by atoms with Crippen LogP contribution in [0.2, 0.25) is 0 Å². The molecule has 1 atom stereocenters. The lowest BCUT2D eigenvalue weighted by atomic mass is 9.99. The maximum Gasteiger partial charge on any atom is 0.306 e. The molecule has 1 unspecified atom stereocenters. The van der Waals surface area contributed by atoms with E-state index in [0.29, 0.717) is 5.56 Å². The van der Waals surface area contributed by atoms with Crippen molar-refractivity contribution in [2.45, 2.75) is 13.3 Å². The quantitative estimate of drug-likeness (QED) is 0.869. The second-order valence-corrected chi connectivity index (χ2v) is 3.71. The van der Waals surface area contributed by atoms with Crippen LogP contribution in [-0.4, -0.2) is 18.2 Å². The van der Waals surface area contributed by atoms with Gasteiger partial charge in [0.25, 0.3) is 0 Å². The van der Waals surface area contributed by atoms with Crippen molar-refractivity contribution in [3.05, 3.63) is 29.1 Å². The number of benzene rings is 1. The van der Waals surface area contributed by atoms with Crippen LogP contribution < -0.4 is 4.74 Å². The minimum absolute atomic E-state index is 0.0695. The fraction of sp³-hybridized carbons (Fsp3) is 0.333. The van der Waals surface area contributed by atoms with Gasteiger partial charge in [-0.05, 0) is 24.1 Å². The van der Waals surface area contributed by atoms with Gasteiger partial charge in [-0.2, -0.15) is 5.26 Å². The van der Waals surface area contributed by atoms with Crippen molar-refractivity contribution >= 4 is 5.97 Å². The van der Waals surface area contributed by atoms with Gasteiger partial charge in [-0.25, -0.2) is 4.39 Å². The molecule has 0 aliphatic rings. The van der Waals surface area contributed by atoms with Crippen LogP contribution in [-0.2, 0) is 11.2 Å². The van der Waals surface area contributed by atoms with Gasteiger partial charge in [0.15, 0.2) is 11.6 Å². The van der Waals surface area contributed by atoms with Crippen LogP contribution in [0.3, 0.4) is 0 Å². The summed E-state index contributed by atoms with van der Waals surface area (Å²) in [5.74, 6) is -2.35. The highest BCUT2D eigenvalue weighted by Gasteiger charge is 2.16. The Labute approximate surface area is 98.2 Å². The Kier molecular flexibility index (Phi) is 4.05. The topological polar surface area (TPSA) is 70.3 Å². The Bertz CT molecular complexity index is 479. The molecule has 1 aromatic carbocycles. The minimum Gasteiger partial charge on any atom is -0.492 e. The summed E-state index contributed by atoms with van der Waals surface area (Å²) in [6.45, 7) is 1.52. The van der Waals surface area contributed by atoms with Crippen LogP contribution in [0.1, 0.15) is 18.1 Å². The van der Waals surface area contributed by atoms with Crippen LogP contribution in [0.15, 0.2) is 12.1 Å². The van der Waals surface area contributed by atoms with Gasteiger partial charge in [0.2, 0.25) is 0 Å². The van der Waals surface area contributed by atoms with Gasteiger partial charge in [0, 0.05) is 0 Å². The molecule has 0 heterocycles. The van der Waals surface area contributed by atoms with Crippen LogP contribution in [0.4, 0.5) is 4.39 Å². The van der Waals surface area contributed by atoms with Gasteiger partial charge in [0.05, 0.1) is 18.6 Å². The zero-order chi connectivity index (χ0) is 13.0. The first-order chi connectivity index (χ1) is 7.99. The highest BCUT2D eigenvalue weighted by atomic mass is 19.1. The first kappa shape index (κ1) is 13.0. The molecule has 1 aromatic rings. The predicted octanol–water partition coefficient (Wildman–Crippen LogP) is 1.97. The molecule has 17 heavy (non-hydrogen) atoms. The molecule has 90 valence electrons. The van der Waals surface area contributed by atoms with Crippen molar-refractivity contribution in [2.75, 3.05) is 7.11 Å². The number of aliphatic carboxylic acids is 1. The number of nitriles is 1. The molecule has 0 bridgehead atoms. The third-order valence-corrected chi connectivity index (χ3v) is 2.39. The van der Waals surface area contributed by atoms with E-state index in [9.17, 15) is 9.18 Å². The van der Waals surface area contributed by atoms with Crippen molar-refractivity contribution in [2.24, 2.45) is 5.92 Å². The molecule has 1 N–H and O–H groups in total. The van der Waals surface area contributed by atoms with Crippen molar-refractivity contribution in [1.82, 2.24) is 0 Å². The SMILES string of the molecule is COc1c(F)cc(CC(C)C(=O)O)cc1C#N. The highest BCUT2D eigenvalue weighted by Crippen LogP contribution is 2.25. The molecule has 0 spiro atoms. The Morgan fingerprint density at radius 2 is 2.29 bits per heavy atom. The predicted molar refractivity (Wildman–Crippen MR) is 58.2 cm³/mol. The largest absolute Gasteiger partial charge is 0.492 e. The first-order valence-electron chi connectivity index (χ1n) is 4.99. The first-order valence-corrected chi connectivity index (χ1v) is 4.99. The van der Waals surface area contributed by atoms with E-state index < -0.39 is 17.7 Å². The lowest BCUT2D eigenvalue weighted by Gasteiger charge is -2.09. The zero-order valence-corrected chi connectivity index (χ0v) is 9.53. The van der Waals surface area contributed by atoms with E-state index in [0.717, 1.165) is 0 Å². The summed E-state index contributed by atoms with van der Waals surface area (Å²) in [7, 11) is 1.28. The third kappa shape index (κ3) is 2.94. The summed E-state index contributed by atoms with van der Waals surface area (Å²) in [4.78, 5) is 10.7. The van der Waals surface area contributed by atoms with Crippen molar-refractivity contribution in [3.8, 4) is 11.8 Å². The molecule has 0 radical (unpaired) electrons. The number of carbonyl (C=O) groups is 1. The number of rotatable bonds is 4. The van der Waals surface area contributed by atoms with Gasteiger partial charge in [-0.1, -0.05) is 6.92 Å². The number of carboxylic acid groups (broad SMARTS) is 1. The fourth-order valence-electron chi connectivity index (χ4n) is 1.50. The zero-order valence-electron chi connectivity index (χ0n) is 9.53. The van der Waals surface area contributed by atoms with Crippen LogP contribution in [0.25, 0.3) is 0 Å². The maximum absolute atomic E-state index is 13.5. The Morgan fingerprint density at radius 3 is 2.76 bits per heavy atom. The number of methoxy groups -OCH3 is 1. The Morgan fingerprint density at radius 1 is 1.65 bits per heavy atom. The lowest BCUT2D eigenvalue weighted by Crippen LogP contribution is -2.12. The van der Waals surface area contributed by atoms with E-state index in [1.165, 1.54) is 26.2 Å². The standard InChI is InChI=1S/C12H12FNO3/c1-7(12(15)16)3-8-4-9(6-14)11(17-2)10(13)5-8/h4-5,7H,3H2,1-2H3,(H,15,16). The van der Waals surface area contributed by atoms with Crippen molar-refractivity contribution in [3.63, 3.8) is 0 Å². The highest BCUT2D eigenvalue weighted by molar-refractivity contribution is 5.70. The Balaban J connectivity index is 3.09. The molecular formula is C12H12FNO3. The number of halogens is 1. The summed E-state index contributed by atoms with van der Waals surface area (Å²) in [5, 5.41) is 17.6. The minimum atomic E-state index is -0.959. The van der Waals surface area contributed by atoms with Gasteiger partial charge >= 0.3 is 5.97 Å². The van der Waals surface area contributed by atoms with Crippen molar-refractivity contribution < 1.29 is 19.0 Å². The molecule has 4 nitrogen and oxygen atoms in total. The molecule has 5 heteroatoms. The molecule has 0 aliphatic heterocycles. The fourth-order valence-corrected chi connectivity index (χ4v) is 1.50. The maximum atomic E-state index is 13.5. The number of carboxylic acids is 1. The molecular weight excluding hydrogens is 225 g/mol. The van der Waals surface area contributed by atoms with E-state index in [1.54, 1.807) is 0 Å². The summed E-state index contributed by atoms with van der Waals surface area (Å²) < 4.78 is 18.3. The number of nitrogens with zero attached hydrogens (tertiary/aromatic N) is 1. The normalized spacial score (nSPS) is 11.6. The van der Waals surface area contributed by atoms with E-state index in [4.69, 9.17) is 15.1 Å². The summed E-state index contributed by atoms with van der Waals surface area (Å²) >= 11 is 0. The molecule has 0 fully saturated rings. The molecule has 0 aromatic heterocycles. The number of hydrogen-bond donors (Lipinski definition) is 1. The molecule has 0 saturated carbocycles. The summed E-state index contributed by atoms with van der Waals surface area (Å²) in [6.07, 6.45) is 0.172.